The lowest BCUT2D eigenvalue weighted by molar-refractivity contribution is -0.274. The van der Waals surface area contributed by atoms with Crippen LogP contribution < -0.4 is 9.64 Å². The zero-order valence-electron chi connectivity index (χ0n) is 11.8. The summed E-state index contributed by atoms with van der Waals surface area (Å²) in [6.45, 7) is 5.95. The maximum absolute atomic E-state index is 12.4. The van der Waals surface area contributed by atoms with E-state index in [-0.39, 0.29) is 5.75 Å². The lowest BCUT2D eigenvalue weighted by Gasteiger charge is -2.36. The summed E-state index contributed by atoms with van der Waals surface area (Å²) in [5, 5.41) is 0. The van der Waals surface area contributed by atoms with Crippen LogP contribution >= 0.6 is 0 Å². The molecule has 0 aromatic heterocycles. The smallest absolute Gasteiger partial charge is 0.404 e. The van der Waals surface area contributed by atoms with Crippen LogP contribution in [0.3, 0.4) is 0 Å². The third-order valence-electron chi connectivity index (χ3n) is 3.91. The Morgan fingerprint density at radius 3 is 2.30 bits per heavy atom. The van der Waals surface area contributed by atoms with E-state index in [1.807, 2.05) is 4.90 Å². The molecule has 0 spiro atoms. The van der Waals surface area contributed by atoms with E-state index >= 15 is 0 Å². The van der Waals surface area contributed by atoms with Crippen molar-refractivity contribution in [2.24, 2.45) is 11.8 Å². The standard InChI is InChI=1S/C15H20F3NO/c1-11(2)12-7-9-19(10-8-12)13-5-3-4-6-14(13)20-15(16,17)18/h3-6,11-12H,7-10H2,1-2H3. The molecule has 0 atom stereocenters. The first-order valence-electron chi connectivity index (χ1n) is 6.96. The van der Waals surface area contributed by atoms with Crippen molar-refractivity contribution in [2.75, 3.05) is 18.0 Å². The fourth-order valence-corrected chi connectivity index (χ4v) is 2.74. The molecule has 1 aliphatic rings. The quantitative estimate of drug-likeness (QED) is 0.814. The van der Waals surface area contributed by atoms with E-state index in [1.54, 1.807) is 18.2 Å². The van der Waals surface area contributed by atoms with Crippen LogP contribution in [0.4, 0.5) is 18.9 Å². The Bertz CT molecular complexity index is 437. The van der Waals surface area contributed by atoms with Gasteiger partial charge in [-0.3, -0.25) is 0 Å². The zero-order chi connectivity index (χ0) is 14.8. The predicted molar refractivity (Wildman–Crippen MR) is 72.9 cm³/mol. The van der Waals surface area contributed by atoms with Gasteiger partial charge in [-0.05, 0) is 36.8 Å². The molecule has 0 aliphatic carbocycles. The Balaban J connectivity index is 2.10. The number of hydrogen-bond acceptors (Lipinski definition) is 2. The average molecular weight is 287 g/mol. The van der Waals surface area contributed by atoms with E-state index in [0.29, 0.717) is 17.5 Å². The van der Waals surface area contributed by atoms with Crippen LogP contribution in [0.25, 0.3) is 0 Å². The van der Waals surface area contributed by atoms with Gasteiger partial charge in [0.2, 0.25) is 0 Å². The summed E-state index contributed by atoms with van der Waals surface area (Å²) in [5.41, 5.74) is 0.534. The molecule has 0 bridgehead atoms. The molecule has 1 fully saturated rings. The van der Waals surface area contributed by atoms with Gasteiger partial charge in [0, 0.05) is 13.1 Å². The van der Waals surface area contributed by atoms with E-state index in [2.05, 4.69) is 18.6 Å². The van der Waals surface area contributed by atoms with E-state index in [0.717, 1.165) is 25.9 Å². The van der Waals surface area contributed by atoms with Gasteiger partial charge >= 0.3 is 6.36 Å². The van der Waals surface area contributed by atoms with Gasteiger partial charge in [-0.1, -0.05) is 26.0 Å². The maximum atomic E-state index is 12.4. The molecule has 0 saturated carbocycles. The Morgan fingerprint density at radius 1 is 1.15 bits per heavy atom. The van der Waals surface area contributed by atoms with Crippen LogP contribution in [-0.4, -0.2) is 19.5 Å². The van der Waals surface area contributed by atoms with Crippen LogP contribution in [-0.2, 0) is 0 Å². The van der Waals surface area contributed by atoms with Crippen molar-refractivity contribution in [3.05, 3.63) is 24.3 Å². The van der Waals surface area contributed by atoms with Gasteiger partial charge in [-0.15, -0.1) is 13.2 Å². The van der Waals surface area contributed by atoms with E-state index in [1.165, 1.54) is 6.07 Å². The molecule has 112 valence electrons. The number of alkyl halides is 3. The molecule has 0 N–H and O–H groups in total. The molecule has 1 aromatic carbocycles. The fourth-order valence-electron chi connectivity index (χ4n) is 2.74. The Labute approximate surface area is 117 Å². The number of benzene rings is 1. The van der Waals surface area contributed by atoms with Crippen molar-refractivity contribution in [2.45, 2.75) is 33.1 Å². The third kappa shape index (κ3) is 3.81. The van der Waals surface area contributed by atoms with Crippen molar-refractivity contribution in [3.8, 4) is 5.75 Å². The van der Waals surface area contributed by atoms with Gasteiger partial charge < -0.3 is 9.64 Å². The highest BCUT2D eigenvalue weighted by atomic mass is 19.4. The van der Waals surface area contributed by atoms with Crippen LogP contribution in [0.1, 0.15) is 26.7 Å². The Morgan fingerprint density at radius 2 is 1.75 bits per heavy atom. The lowest BCUT2D eigenvalue weighted by Crippen LogP contribution is -2.35. The third-order valence-corrected chi connectivity index (χ3v) is 3.91. The van der Waals surface area contributed by atoms with Crippen molar-refractivity contribution in [3.63, 3.8) is 0 Å². The summed E-state index contributed by atoms with van der Waals surface area (Å²) in [7, 11) is 0. The van der Waals surface area contributed by atoms with Gasteiger partial charge in [-0.25, -0.2) is 0 Å². The number of piperidine rings is 1. The summed E-state index contributed by atoms with van der Waals surface area (Å²) in [6, 6.07) is 6.37. The van der Waals surface area contributed by atoms with Crippen LogP contribution in [0.2, 0.25) is 0 Å². The summed E-state index contributed by atoms with van der Waals surface area (Å²) in [4.78, 5) is 1.99. The van der Waals surface area contributed by atoms with Crippen LogP contribution in [0.5, 0.6) is 5.75 Å². The summed E-state index contributed by atoms with van der Waals surface area (Å²) < 4.78 is 41.4. The highest BCUT2D eigenvalue weighted by Gasteiger charge is 2.33. The maximum Gasteiger partial charge on any atom is 0.573 e. The van der Waals surface area contributed by atoms with Gasteiger partial charge in [0.05, 0.1) is 5.69 Å². The van der Waals surface area contributed by atoms with Crippen molar-refractivity contribution in [1.82, 2.24) is 0 Å². The number of anilines is 1. The first-order valence-corrected chi connectivity index (χ1v) is 6.96. The molecule has 1 heterocycles. The van der Waals surface area contributed by atoms with Gasteiger partial charge in [0.25, 0.3) is 0 Å². The first kappa shape index (κ1) is 15.0. The minimum atomic E-state index is -4.65. The van der Waals surface area contributed by atoms with Crippen LogP contribution in [0.15, 0.2) is 24.3 Å². The predicted octanol–water partition coefficient (Wildman–Crippen LogP) is 4.46. The SMILES string of the molecule is CC(C)C1CCN(c2ccccc2OC(F)(F)F)CC1. The number of hydrogen-bond donors (Lipinski definition) is 0. The fraction of sp³-hybridized carbons (Fsp3) is 0.600. The molecule has 0 unspecified atom stereocenters. The molecule has 1 aliphatic heterocycles. The highest BCUT2D eigenvalue weighted by molar-refractivity contribution is 5.58. The Kier molecular flexibility index (Phi) is 4.45. The van der Waals surface area contributed by atoms with Gasteiger partial charge in [0.15, 0.2) is 5.75 Å². The first-order chi connectivity index (χ1) is 9.37. The molecular weight excluding hydrogens is 267 g/mol. The molecule has 2 nitrogen and oxygen atoms in total. The number of rotatable bonds is 3. The second-order valence-corrected chi connectivity index (χ2v) is 5.58. The second kappa shape index (κ2) is 5.94. The van der Waals surface area contributed by atoms with E-state index in [4.69, 9.17) is 0 Å². The average Bonchev–Trinajstić information content (AvgIpc) is 2.37. The number of para-hydroxylation sites is 2. The molecule has 5 heteroatoms. The highest BCUT2D eigenvalue weighted by Crippen LogP contribution is 2.35. The molecule has 1 aromatic rings. The minimum Gasteiger partial charge on any atom is -0.404 e. The minimum absolute atomic E-state index is 0.108. The van der Waals surface area contributed by atoms with Crippen molar-refractivity contribution in [1.29, 1.82) is 0 Å². The summed E-state index contributed by atoms with van der Waals surface area (Å²) in [6.07, 6.45) is -2.62. The van der Waals surface area contributed by atoms with Crippen molar-refractivity contribution < 1.29 is 17.9 Å². The summed E-state index contributed by atoms with van der Waals surface area (Å²) >= 11 is 0. The second-order valence-electron chi connectivity index (χ2n) is 5.58. The normalized spacial score (nSPS) is 17.6. The van der Waals surface area contributed by atoms with Gasteiger partial charge in [-0.2, -0.15) is 0 Å². The molecule has 0 radical (unpaired) electrons. The zero-order valence-corrected chi connectivity index (χ0v) is 11.8. The van der Waals surface area contributed by atoms with E-state index in [9.17, 15) is 13.2 Å². The molecule has 2 rings (SSSR count). The molecule has 1 saturated heterocycles. The number of halogens is 3. The Hall–Kier alpha value is -1.39. The van der Waals surface area contributed by atoms with Crippen molar-refractivity contribution >= 4 is 5.69 Å². The largest absolute Gasteiger partial charge is 0.573 e. The van der Waals surface area contributed by atoms with E-state index < -0.39 is 6.36 Å². The number of nitrogens with zero attached hydrogens (tertiary/aromatic N) is 1. The molecule has 20 heavy (non-hydrogen) atoms. The summed E-state index contributed by atoms with van der Waals surface area (Å²) in [5.74, 6) is 1.17. The van der Waals surface area contributed by atoms with Crippen LogP contribution in [0, 0.1) is 11.8 Å². The lowest BCUT2D eigenvalue weighted by atomic mass is 9.86. The monoisotopic (exact) mass is 287 g/mol. The van der Waals surface area contributed by atoms with Gasteiger partial charge in [0.1, 0.15) is 0 Å². The topological polar surface area (TPSA) is 12.5 Å². The molecule has 0 amide bonds. The number of ether oxygens (including phenoxy) is 1. The molecular formula is C15H20F3NO.